The molecule has 0 aliphatic rings. The summed E-state index contributed by atoms with van der Waals surface area (Å²) in [4.78, 5) is 30.7. The number of aromatic nitrogens is 2. The quantitative estimate of drug-likeness (QED) is 0.484. The van der Waals surface area contributed by atoms with Gasteiger partial charge in [0, 0.05) is 6.54 Å². The van der Waals surface area contributed by atoms with Crippen molar-refractivity contribution in [3.63, 3.8) is 0 Å². The van der Waals surface area contributed by atoms with Crippen LogP contribution >= 0.6 is 11.8 Å². The van der Waals surface area contributed by atoms with Crippen molar-refractivity contribution in [1.29, 1.82) is 5.26 Å². The van der Waals surface area contributed by atoms with Crippen molar-refractivity contribution in [2.24, 2.45) is 0 Å². The molecular weight excluding hydrogens is 380 g/mol. The number of amides is 1. The first-order chi connectivity index (χ1) is 13.5. The van der Waals surface area contributed by atoms with Gasteiger partial charge >= 0.3 is 0 Å². The van der Waals surface area contributed by atoms with Gasteiger partial charge in [-0.1, -0.05) is 24.8 Å². The van der Waals surface area contributed by atoms with E-state index in [9.17, 15) is 9.59 Å². The van der Waals surface area contributed by atoms with E-state index >= 15 is 0 Å². The van der Waals surface area contributed by atoms with Crippen molar-refractivity contribution in [2.75, 3.05) is 26.5 Å². The smallest absolute Gasteiger partial charge is 0.269 e. The summed E-state index contributed by atoms with van der Waals surface area (Å²) in [7, 11) is 3.15. The summed E-state index contributed by atoms with van der Waals surface area (Å²) in [6.45, 7) is 2.28. The molecule has 0 aliphatic heterocycles. The lowest BCUT2D eigenvalue weighted by Gasteiger charge is -2.10. The number of aryl methyl sites for hydroxylation is 1. The van der Waals surface area contributed by atoms with E-state index in [1.807, 2.05) is 31.2 Å². The predicted molar refractivity (Wildman–Crippen MR) is 106 cm³/mol. The number of nitrogens with zero attached hydrogens (tertiary/aromatic N) is 2. The fourth-order valence-electron chi connectivity index (χ4n) is 2.50. The van der Waals surface area contributed by atoms with Gasteiger partial charge in [0.25, 0.3) is 5.56 Å². The summed E-state index contributed by atoms with van der Waals surface area (Å²) in [5, 5.41) is 12.2. The highest BCUT2D eigenvalue weighted by molar-refractivity contribution is 7.99. The first kappa shape index (κ1) is 21.3. The zero-order valence-electron chi connectivity index (χ0n) is 16.0. The normalized spacial score (nSPS) is 10.2. The molecule has 0 bridgehead atoms. The number of methoxy groups -OCH3 is 2. The largest absolute Gasteiger partial charge is 0.493 e. The fraction of sp³-hybridized carbons (Fsp3) is 0.368. The van der Waals surface area contributed by atoms with Crippen molar-refractivity contribution in [3.8, 4) is 17.6 Å². The third-order valence-electron chi connectivity index (χ3n) is 3.94. The molecule has 2 aromatic rings. The first-order valence-corrected chi connectivity index (χ1v) is 9.64. The number of benzene rings is 1. The minimum atomic E-state index is -0.481. The van der Waals surface area contributed by atoms with Gasteiger partial charge in [0.2, 0.25) is 5.91 Å². The number of rotatable bonds is 9. The summed E-state index contributed by atoms with van der Waals surface area (Å²) in [5.41, 5.74) is 0.982. The molecule has 0 unspecified atom stereocenters. The maximum atomic E-state index is 12.0. The number of aromatic amines is 1. The second kappa shape index (κ2) is 10.4. The van der Waals surface area contributed by atoms with Gasteiger partial charge in [0.05, 0.1) is 25.7 Å². The molecule has 28 heavy (non-hydrogen) atoms. The SMILES string of the molecule is CCc1nc(SCC(=O)NCCc2ccc(OC)c(OC)c2)[nH]c(=O)c1C#N. The monoisotopic (exact) mass is 402 g/mol. The van der Waals surface area contributed by atoms with Crippen LogP contribution in [-0.2, 0) is 17.6 Å². The molecule has 0 spiro atoms. The highest BCUT2D eigenvalue weighted by atomic mass is 32.2. The molecule has 9 heteroatoms. The number of thioether (sulfide) groups is 1. The van der Waals surface area contributed by atoms with Crippen molar-refractivity contribution in [1.82, 2.24) is 15.3 Å². The van der Waals surface area contributed by atoms with Gasteiger partial charge in [0.1, 0.15) is 11.6 Å². The molecule has 1 aromatic carbocycles. The zero-order valence-corrected chi connectivity index (χ0v) is 16.8. The van der Waals surface area contributed by atoms with Gasteiger partial charge < -0.3 is 19.8 Å². The van der Waals surface area contributed by atoms with E-state index in [1.165, 1.54) is 0 Å². The highest BCUT2D eigenvalue weighted by Gasteiger charge is 2.11. The second-order valence-electron chi connectivity index (χ2n) is 5.74. The molecule has 2 rings (SSSR count). The van der Waals surface area contributed by atoms with Crippen LogP contribution in [0.3, 0.4) is 0 Å². The number of ether oxygens (including phenoxy) is 2. The van der Waals surface area contributed by atoms with E-state index in [0.717, 1.165) is 17.3 Å². The minimum absolute atomic E-state index is 0.0196. The average molecular weight is 402 g/mol. The number of nitrogens with one attached hydrogen (secondary N) is 2. The van der Waals surface area contributed by atoms with Crippen LogP contribution in [0.15, 0.2) is 28.2 Å². The van der Waals surface area contributed by atoms with Gasteiger partial charge in [-0.25, -0.2) is 4.98 Å². The van der Waals surface area contributed by atoms with Crippen molar-refractivity contribution >= 4 is 17.7 Å². The Morgan fingerprint density at radius 2 is 2.07 bits per heavy atom. The molecule has 0 atom stereocenters. The third-order valence-corrected chi connectivity index (χ3v) is 4.82. The highest BCUT2D eigenvalue weighted by Crippen LogP contribution is 2.27. The van der Waals surface area contributed by atoms with E-state index < -0.39 is 5.56 Å². The summed E-state index contributed by atoms with van der Waals surface area (Å²) in [6, 6.07) is 7.47. The summed E-state index contributed by atoms with van der Waals surface area (Å²) in [5.74, 6) is 1.24. The molecule has 1 amide bonds. The van der Waals surface area contributed by atoms with Crippen LogP contribution in [0.1, 0.15) is 23.7 Å². The van der Waals surface area contributed by atoms with Crippen LogP contribution in [0.4, 0.5) is 0 Å². The predicted octanol–water partition coefficient (Wildman–Crippen LogP) is 1.67. The molecule has 1 heterocycles. The number of H-pyrrole nitrogens is 1. The molecule has 8 nitrogen and oxygen atoms in total. The van der Waals surface area contributed by atoms with Gasteiger partial charge in [-0.05, 0) is 30.5 Å². The maximum Gasteiger partial charge on any atom is 0.269 e. The van der Waals surface area contributed by atoms with Crippen LogP contribution in [0, 0.1) is 11.3 Å². The number of carbonyl (C=O) groups is 1. The lowest BCUT2D eigenvalue weighted by atomic mass is 10.1. The number of hydrogen-bond acceptors (Lipinski definition) is 7. The molecule has 0 saturated carbocycles. The Hall–Kier alpha value is -2.99. The Kier molecular flexibility index (Phi) is 7.89. The molecule has 0 radical (unpaired) electrons. The molecule has 1 aromatic heterocycles. The third kappa shape index (κ3) is 5.50. The molecule has 0 aliphatic carbocycles. The van der Waals surface area contributed by atoms with Crippen molar-refractivity contribution < 1.29 is 14.3 Å². The van der Waals surface area contributed by atoms with E-state index in [1.54, 1.807) is 14.2 Å². The molecule has 2 N–H and O–H groups in total. The van der Waals surface area contributed by atoms with Gasteiger partial charge in [-0.3, -0.25) is 9.59 Å². The Morgan fingerprint density at radius 1 is 1.32 bits per heavy atom. The van der Waals surface area contributed by atoms with Crippen LogP contribution in [-0.4, -0.2) is 42.4 Å². The lowest BCUT2D eigenvalue weighted by molar-refractivity contribution is -0.118. The Morgan fingerprint density at radius 3 is 2.71 bits per heavy atom. The number of nitriles is 1. The van der Waals surface area contributed by atoms with E-state index in [4.69, 9.17) is 14.7 Å². The first-order valence-electron chi connectivity index (χ1n) is 8.66. The Labute approximate surface area is 167 Å². The van der Waals surface area contributed by atoms with Gasteiger partial charge in [0.15, 0.2) is 16.7 Å². The molecule has 0 fully saturated rings. The molecule has 148 valence electrons. The Bertz CT molecular complexity index is 937. The number of carbonyl (C=O) groups excluding carboxylic acids is 1. The van der Waals surface area contributed by atoms with Crippen LogP contribution < -0.4 is 20.3 Å². The number of hydrogen-bond donors (Lipinski definition) is 2. The standard InChI is InChI=1S/C19H22N4O4S/c1-4-14-13(10-20)18(25)23-19(22-14)28-11-17(24)21-8-7-12-5-6-15(26-2)16(9-12)27-3/h5-6,9H,4,7-8,11H2,1-3H3,(H,21,24)(H,22,23,25). The summed E-state index contributed by atoms with van der Waals surface area (Å²) >= 11 is 1.12. The van der Waals surface area contributed by atoms with Crippen molar-refractivity contribution in [2.45, 2.75) is 24.9 Å². The lowest BCUT2D eigenvalue weighted by Crippen LogP contribution is -2.27. The van der Waals surface area contributed by atoms with Crippen LogP contribution in [0.25, 0.3) is 0 Å². The van der Waals surface area contributed by atoms with Gasteiger partial charge in [-0.2, -0.15) is 5.26 Å². The average Bonchev–Trinajstić information content (AvgIpc) is 2.71. The second-order valence-corrected chi connectivity index (χ2v) is 6.70. The van der Waals surface area contributed by atoms with E-state index in [2.05, 4.69) is 15.3 Å². The van der Waals surface area contributed by atoms with Crippen LogP contribution in [0.2, 0.25) is 0 Å². The molecular formula is C19H22N4O4S. The zero-order chi connectivity index (χ0) is 20.5. The summed E-state index contributed by atoms with van der Waals surface area (Å²) in [6.07, 6.45) is 1.11. The van der Waals surface area contributed by atoms with Crippen molar-refractivity contribution in [3.05, 3.63) is 45.4 Å². The minimum Gasteiger partial charge on any atom is -0.493 e. The van der Waals surface area contributed by atoms with E-state index in [0.29, 0.717) is 41.7 Å². The topological polar surface area (TPSA) is 117 Å². The van der Waals surface area contributed by atoms with E-state index in [-0.39, 0.29) is 17.2 Å². The van der Waals surface area contributed by atoms with Gasteiger partial charge in [-0.15, -0.1) is 0 Å². The molecule has 0 saturated heterocycles. The van der Waals surface area contributed by atoms with Crippen LogP contribution in [0.5, 0.6) is 11.5 Å². The fourth-order valence-corrected chi connectivity index (χ4v) is 3.21. The Balaban J connectivity index is 1.86. The maximum absolute atomic E-state index is 12.0. The summed E-state index contributed by atoms with van der Waals surface area (Å²) < 4.78 is 10.5.